The van der Waals surface area contributed by atoms with Crippen molar-refractivity contribution in [2.75, 3.05) is 14.1 Å². The molecule has 176 valence electrons. The first-order valence-corrected chi connectivity index (χ1v) is 14.5. The van der Waals surface area contributed by atoms with E-state index in [1.165, 1.54) is 57.6 Å². The molecule has 2 unspecified atom stereocenters. The van der Waals surface area contributed by atoms with Crippen molar-refractivity contribution in [3.63, 3.8) is 0 Å². The van der Waals surface area contributed by atoms with Gasteiger partial charge in [-0.05, 0) is 47.9 Å². The molecule has 4 nitrogen and oxygen atoms in total. The van der Waals surface area contributed by atoms with Crippen LogP contribution in [0.25, 0.3) is 5.57 Å². The van der Waals surface area contributed by atoms with Gasteiger partial charge in [0.1, 0.15) is 10.1 Å². The number of aryl methyl sites for hydroxylation is 1. The third-order valence-electron chi connectivity index (χ3n) is 7.15. The Balaban J connectivity index is 0.000000200. The van der Waals surface area contributed by atoms with E-state index in [0.29, 0.717) is 0 Å². The normalized spacial score (nSPS) is 23.5. The summed E-state index contributed by atoms with van der Waals surface area (Å²) in [5, 5.41) is 4.39. The van der Waals surface area contributed by atoms with Gasteiger partial charge in [-0.15, -0.1) is 22.7 Å². The van der Waals surface area contributed by atoms with Crippen LogP contribution >= 0.6 is 22.7 Å². The molecule has 0 saturated carbocycles. The molecule has 2 atom stereocenters. The first-order chi connectivity index (χ1) is 15.6. The molecule has 0 spiro atoms. The Morgan fingerprint density at radius 2 is 1.45 bits per heavy atom. The second-order valence-electron chi connectivity index (χ2n) is 9.55. The van der Waals surface area contributed by atoms with E-state index in [9.17, 15) is 13.0 Å². The summed E-state index contributed by atoms with van der Waals surface area (Å²) >= 11 is 3.74. The van der Waals surface area contributed by atoms with E-state index >= 15 is 0 Å². The average Bonchev–Trinajstić information content (AvgIpc) is 3.48. The number of hydrogen-bond donors (Lipinski definition) is 0. The highest BCUT2D eigenvalue weighted by molar-refractivity contribution is 7.85. The fourth-order valence-corrected chi connectivity index (χ4v) is 7.21. The van der Waals surface area contributed by atoms with Crippen LogP contribution in [-0.2, 0) is 10.1 Å². The number of thiophene rings is 2. The minimum atomic E-state index is -4.27. The van der Waals surface area contributed by atoms with Crippen molar-refractivity contribution in [2.24, 2.45) is 5.92 Å². The molecule has 3 aromatic rings. The van der Waals surface area contributed by atoms with Gasteiger partial charge in [0.15, 0.2) is 0 Å². The number of fused-ring (bicyclic) bond motifs is 2. The minimum absolute atomic E-state index is 0.178. The predicted octanol–water partition coefficient (Wildman–Crippen LogP) is 6.16. The average molecular weight is 502 g/mol. The van der Waals surface area contributed by atoms with Gasteiger partial charge in [0, 0.05) is 41.0 Å². The SMILES string of the molecule is C[N+]1(C)C2CCC1CC(C=C(c1cccs1)c1cccs1)C2.Cc1ccc(S(=O)(=O)[O-])cc1. The van der Waals surface area contributed by atoms with Gasteiger partial charge in [0.25, 0.3) is 0 Å². The van der Waals surface area contributed by atoms with Gasteiger partial charge in [-0.3, -0.25) is 0 Å². The number of benzene rings is 1. The summed E-state index contributed by atoms with van der Waals surface area (Å²) in [5.74, 6) is 0.753. The van der Waals surface area contributed by atoms with Crippen LogP contribution in [0, 0.1) is 12.8 Å². The maximum atomic E-state index is 10.4. The number of hydrogen-bond acceptors (Lipinski definition) is 5. The second kappa shape index (κ2) is 9.84. The lowest BCUT2D eigenvalue weighted by Gasteiger charge is -2.43. The molecule has 0 aliphatic carbocycles. The highest BCUT2D eigenvalue weighted by Gasteiger charge is 2.48. The molecular formula is C26H31NO3S3. The Morgan fingerprint density at radius 1 is 0.939 bits per heavy atom. The molecule has 2 saturated heterocycles. The molecule has 0 amide bonds. The molecule has 4 heterocycles. The molecule has 1 aromatic carbocycles. The number of rotatable bonds is 4. The number of piperidine rings is 1. The van der Waals surface area contributed by atoms with Gasteiger partial charge in [-0.2, -0.15) is 0 Å². The third kappa shape index (κ3) is 5.66. The molecule has 0 N–H and O–H groups in total. The molecule has 0 radical (unpaired) electrons. The highest BCUT2D eigenvalue weighted by atomic mass is 32.2. The molecule has 5 rings (SSSR count). The van der Waals surface area contributed by atoms with Crippen LogP contribution in [0.2, 0.25) is 0 Å². The first kappa shape index (κ1) is 24.4. The van der Waals surface area contributed by atoms with Gasteiger partial charge in [-0.1, -0.05) is 35.9 Å². The van der Waals surface area contributed by atoms with Crippen molar-refractivity contribution in [3.8, 4) is 0 Å². The summed E-state index contributed by atoms with van der Waals surface area (Å²) in [6.45, 7) is 1.82. The van der Waals surface area contributed by atoms with E-state index in [0.717, 1.165) is 23.6 Å². The standard InChI is InChI=1S/C19H24NS2.C7H8O3S/c1-20(2)15-7-8-16(20)12-14(11-15)13-17(18-5-3-9-21-18)19-6-4-10-22-19;1-6-2-4-7(5-3-6)11(8,9)10/h3-6,9-10,13-16H,7-8,11-12H2,1-2H3;2-5H,1H3,(H,8,9,10)/q+1;/p-1. The van der Waals surface area contributed by atoms with Gasteiger partial charge in [0.2, 0.25) is 0 Å². The predicted molar refractivity (Wildman–Crippen MR) is 137 cm³/mol. The molecule has 2 aliphatic rings. The summed E-state index contributed by atoms with van der Waals surface area (Å²) in [5.41, 5.74) is 2.40. The fraction of sp³-hybridized carbons (Fsp3) is 0.385. The lowest BCUT2D eigenvalue weighted by Crippen LogP contribution is -2.54. The minimum Gasteiger partial charge on any atom is -0.744 e. The quantitative estimate of drug-likeness (QED) is 0.318. The van der Waals surface area contributed by atoms with E-state index in [1.807, 2.05) is 29.6 Å². The van der Waals surface area contributed by atoms with Crippen molar-refractivity contribution >= 4 is 38.4 Å². The van der Waals surface area contributed by atoms with Crippen molar-refractivity contribution < 1.29 is 17.5 Å². The Hall–Kier alpha value is -1.77. The van der Waals surface area contributed by atoms with E-state index in [4.69, 9.17) is 0 Å². The number of quaternary nitrogens is 1. The molecule has 2 aliphatic heterocycles. The Bertz CT molecular complexity index is 1130. The summed E-state index contributed by atoms with van der Waals surface area (Å²) in [6, 6.07) is 16.4. The summed E-state index contributed by atoms with van der Waals surface area (Å²) in [6.07, 6.45) is 8.18. The molecule has 2 aromatic heterocycles. The molecule has 33 heavy (non-hydrogen) atoms. The van der Waals surface area contributed by atoms with Gasteiger partial charge < -0.3 is 9.04 Å². The third-order valence-corrected chi connectivity index (χ3v) is 9.81. The van der Waals surface area contributed by atoms with Crippen molar-refractivity contribution in [1.29, 1.82) is 0 Å². The maximum Gasteiger partial charge on any atom is 0.124 e. The lowest BCUT2D eigenvalue weighted by molar-refractivity contribution is -0.931. The van der Waals surface area contributed by atoms with Gasteiger partial charge in [-0.25, -0.2) is 8.42 Å². The van der Waals surface area contributed by atoms with Crippen LogP contribution in [-0.4, -0.2) is 43.6 Å². The van der Waals surface area contributed by atoms with Crippen LogP contribution in [0.1, 0.15) is 41.0 Å². The largest absolute Gasteiger partial charge is 0.744 e. The summed E-state index contributed by atoms with van der Waals surface area (Å²) in [4.78, 5) is 2.67. The number of allylic oxidation sites excluding steroid dienone is 1. The van der Waals surface area contributed by atoms with Crippen molar-refractivity contribution in [3.05, 3.63) is 80.7 Å². The Kier molecular flexibility index (Phi) is 7.26. The highest BCUT2D eigenvalue weighted by Crippen LogP contribution is 2.44. The van der Waals surface area contributed by atoms with E-state index in [2.05, 4.69) is 55.2 Å². The van der Waals surface area contributed by atoms with Crippen LogP contribution in [0.3, 0.4) is 0 Å². The molecular weight excluding hydrogens is 470 g/mol. The van der Waals surface area contributed by atoms with Crippen LogP contribution < -0.4 is 0 Å². The van der Waals surface area contributed by atoms with Gasteiger partial charge >= 0.3 is 0 Å². The van der Waals surface area contributed by atoms with E-state index in [1.54, 1.807) is 12.1 Å². The monoisotopic (exact) mass is 501 g/mol. The maximum absolute atomic E-state index is 10.4. The van der Waals surface area contributed by atoms with Gasteiger partial charge in [0.05, 0.1) is 31.1 Å². The molecule has 2 fully saturated rings. The Labute approximate surface area is 205 Å². The first-order valence-electron chi connectivity index (χ1n) is 11.3. The van der Waals surface area contributed by atoms with Crippen LogP contribution in [0.15, 0.2) is 70.3 Å². The molecule has 7 heteroatoms. The van der Waals surface area contributed by atoms with Crippen molar-refractivity contribution in [2.45, 2.75) is 49.6 Å². The second-order valence-corrected chi connectivity index (χ2v) is 12.8. The van der Waals surface area contributed by atoms with E-state index < -0.39 is 10.1 Å². The summed E-state index contributed by atoms with van der Waals surface area (Å²) < 4.78 is 32.4. The fourth-order valence-electron chi connectivity index (χ4n) is 5.15. The van der Waals surface area contributed by atoms with Crippen molar-refractivity contribution in [1.82, 2.24) is 0 Å². The van der Waals surface area contributed by atoms with E-state index in [-0.39, 0.29) is 4.90 Å². The zero-order chi connectivity index (χ0) is 23.6. The summed E-state index contributed by atoms with van der Waals surface area (Å²) in [7, 11) is 0.623. The van der Waals surface area contributed by atoms with Crippen LogP contribution in [0.5, 0.6) is 0 Å². The zero-order valence-corrected chi connectivity index (χ0v) is 21.8. The topological polar surface area (TPSA) is 57.2 Å². The molecule has 2 bridgehead atoms. The smallest absolute Gasteiger partial charge is 0.124 e. The zero-order valence-electron chi connectivity index (χ0n) is 19.3. The lowest BCUT2D eigenvalue weighted by atomic mass is 9.87. The van der Waals surface area contributed by atoms with Crippen LogP contribution in [0.4, 0.5) is 0 Å². The Morgan fingerprint density at radius 3 is 1.88 bits per heavy atom. The number of nitrogens with zero attached hydrogens (tertiary/aromatic N) is 1.